The maximum Gasteiger partial charge on any atom is 0.325 e. The van der Waals surface area contributed by atoms with E-state index in [1.54, 1.807) is 6.92 Å². The molecule has 1 atom stereocenters. The Morgan fingerprint density at radius 1 is 1.29 bits per heavy atom. The van der Waals surface area contributed by atoms with Crippen molar-refractivity contribution in [2.75, 3.05) is 13.1 Å². The first-order valence-electron chi connectivity index (χ1n) is 5.49. The van der Waals surface area contributed by atoms with Crippen LogP contribution >= 0.6 is 0 Å². The van der Waals surface area contributed by atoms with Gasteiger partial charge in [0, 0.05) is 13.1 Å². The van der Waals surface area contributed by atoms with Crippen molar-refractivity contribution in [3.05, 3.63) is 35.9 Å². The summed E-state index contributed by atoms with van der Waals surface area (Å²) in [6.07, 6.45) is 0. The smallest absolute Gasteiger partial charge is 0.325 e. The van der Waals surface area contributed by atoms with Gasteiger partial charge < -0.3 is 11.1 Å². The summed E-state index contributed by atoms with van der Waals surface area (Å²) in [7, 11) is 0. The molecule has 5 heteroatoms. The minimum atomic E-state index is -0.979. The molecule has 0 radical (unpaired) electrons. The van der Waals surface area contributed by atoms with Crippen molar-refractivity contribution in [1.82, 2.24) is 10.2 Å². The Morgan fingerprint density at radius 2 is 1.94 bits per heavy atom. The summed E-state index contributed by atoms with van der Waals surface area (Å²) in [6, 6.07) is 8.81. The van der Waals surface area contributed by atoms with Crippen LogP contribution in [0.4, 0.5) is 4.79 Å². The molecule has 1 saturated heterocycles. The van der Waals surface area contributed by atoms with Gasteiger partial charge in [0.25, 0.3) is 5.91 Å². The molecule has 0 saturated carbocycles. The number of hydrogen-bond acceptors (Lipinski definition) is 3. The highest BCUT2D eigenvalue weighted by molar-refractivity contribution is 6.07. The van der Waals surface area contributed by atoms with Gasteiger partial charge in [-0.25, -0.2) is 4.79 Å². The van der Waals surface area contributed by atoms with Crippen molar-refractivity contribution in [3.63, 3.8) is 0 Å². The van der Waals surface area contributed by atoms with Gasteiger partial charge in [0.05, 0.1) is 0 Å². The number of nitrogens with two attached hydrogens (primary N) is 1. The number of urea groups is 1. The first-order chi connectivity index (χ1) is 8.09. The number of hydrogen-bond donors (Lipinski definition) is 2. The van der Waals surface area contributed by atoms with Gasteiger partial charge in [-0.15, -0.1) is 0 Å². The average molecular weight is 233 g/mol. The van der Waals surface area contributed by atoms with Crippen molar-refractivity contribution in [2.45, 2.75) is 12.5 Å². The van der Waals surface area contributed by atoms with Gasteiger partial charge in [-0.3, -0.25) is 9.69 Å². The molecule has 1 aromatic rings. The minimum absolute atomic E-state index is 0.243. The monoisotopic (exact) mass is 233 g/mol. The molecule has 1 aliphatic heterocycles. The lowest BCUT2D eigenvalue weighted by molar-refractivity contribution is -0.131. The Kier molecular flexibility index (Phi) is 2.85. The van der Waals surface area contributed by atoms with E-state index in [4.69, 9.17) is 5.73 Å². The minimum Gasteiger partial charge on any atom is -0.329 e. The molecule has 90 valence electrons. The number of nitrogens with zero attached hydrogens (tertiary/aromatic N) is 1. The number of rotatable bonds is 3. The van der Waals surface area contributed by atoms with Crippen molar-refractivity contribution < 1.29 is 9.59 Å². The van der Waals surface area contributed by atoms with Crippen LogP contribution in [0.1, 0.15) is 12.5 Å². The van der Waals surface area contributed by atoms with Crippen LogP contribution in [0.5, 0.6) is 0 Å². The summed E-state index contributed by atoms with van der Waals surface area (Å²) in [4.78, 5) is 25.1. The summed E-state index contributed by atoms with van der Waals surface area (Å²) in [5, 5.41) is 2.71. The fraction of sp³-hybridized carbons (Fsp3) is 0.333. The summed E-state index contributed by atoms with van der Waals surface area (Å²) in [5.41, 5.74) is 5.18. The molecule has 17 heavy (non-hydrogen) atoms. The zero-order valence-electron chi connectivity index (χ0n) is 9.64. The fourth-order valence-corrected chi connectivity index (χ4v) is 2.00. The van der Waals surface area contributed by atoms with Crippen molar-refractivity contribution in [2.24, 2.45) is 5.73 Å². The molecule has 1 aliphatic rings. The van der Waals surface area contributed by atoms with Crippen LogP contribution in [0.25, 0.3) is 0 Å². The molecule has 1 aromatic carbocycles. The number of amides is 3. The molecule has 0 bridgehead atoms. The zero-order valence-corrected chi connectivity index (χ0v) is 9.64. The van der Waals surface area contributed by atoms with Crippen LogP contribution in [0.15, 0.2) is 30.3 Å². The lowest BCUT2D eigenvalue weighted by atomic mass is 9.92. The summed E-state index contributed by atoms with van der Waals surface area (Å²) < 4.78 is 0. The Labute approximate surface area is 99.6 Å². The zero-order chi connectivity index (χ0) is 12.5. The molecular formula is C12H15N3O2. The largest absolute Gasteiger partial charge is 0.329 e. The third-order valence-corrected chi connectivity index (χ3v) is 2.98. The summed E-state index contributed by atoms with van der Waals surface area (Å²) in [6.45, 7) is 2.22. The molecule has 3 amide bonds. The van der Waals surface area contributed by atoms with Crippen molar-refractivity contribution >= 4 is 11.9 Å². The topological polar surface area (TPSA) is 75.4 Å². The number of nitrogens with one attached hydrogen (secondary N) is 1. The van der Waals surface area contributed by atoms with Crippen LogP contribution in [-0.4, -0.2) is 29.9 Å². The Hall–Kier alpha value is -1.88. The van der Waals surface area contributed by atoms with Gasteiger partial charge in [0.1, 0.15) is 5.54 Å². The van der Waals surface area contributed by atoms with E-state index in [9.17, 15) is 9.59 Å². The third kappa shape index (κ3) is 1.78. The van der Waals surface area contributed by atoms with E-state index in [2.05, 4.69) is 5.32 Å². The maximum atomic E-state index is 12.2. The Morgan fingerprint density at radius 3 is 2.53 bits per heavy atom. The SMILES string of the molecule is CC1(c2ccccc2)NC(=O)N(CCN)C1=O. The van der Waals surface area contributed by atoms with Gasteiger partial charge in [-0.2, -0.15) is 0 Å². The van der Waals surface area contributed by atoms with E-state index in [1.807, 2.05) is 30.3 Å². The fourth-order valence-electron chi connectivity index (χ4n) is 2.00. The summed E-state index contributed by atoms with van der Waals surface area (Å²) >= 11 is 0. The number of carbonyl (C=O) groups is 2. The standard InChI is InChI=1S/C12H15N3O2/c1-12(9-5-3-2-4-6-9)10(16)15(8-7-13)11(17)14-12/h2-6H,7-8,13H2,1H3,(H,14,17). The van der Waals surface area contributed by atoms with Gasteiger partial charge in [0.2, 0.25) is 0 Å². The van der Waals surface area contributed by atoms with E-state index in [1.165, 1.54) is 0 Å². The van der Waals surface area contributed by atoms with Crippen molar-refractivity contribution in [3.8, 4) is 0 Å². The molecule has 0 aromatic heterocycles. The van der Waals surface area contributed by atoms with Crippen LogP contribution in [-0.2, 0) is 10.3 Å². The maximum absolute atomic E-state index is 12.2. The molecule has 0 spiro atoms. The lowest BCUT2D eigenvalue weighted by Gasteiger charge is -2.21. The van der Waals surface area contributed by atoms with Crippen LogP contribution < -0.4 is 11.1 Å². The highest BCUT2D eigenvalue weighted by atomic mass is 16.2. The molecular weight excluding hydrogens is 218 g/mol. The predicted octanol–water partition coefficient (Wildman–Crippen LogP) is 0.412. The Bertz CT molecular complexity index is 446. The first kappa shape index (κ1) is 11.6. The van der Waals surface area contributed by atoms with Crippen LogP contribution in [0.2, 0.25) is 0 Å². The second-order valence-corrected chi connectivity index (χ2v) is 4.17. The first-order valence-corrected chi connectivity index (χ1v) is 5.49. The van der Waals surface area contributed by atoms with Gasteiger partial charge in [-0.1, -0.05) is 30.3 Å². The van der Waals surface area contributed by atoms with E-state index >= 15 is 0 Å². The molecule has 3 N–H and O–H groups in total. The third-order valence-electron chi connectivity index (χ3n) is 2.98. The molecule has 0 aliphatic carbocycles. The normalized spacial score (nSPS) is 24.0. The van der Waals surface area contributed by atoms with Gasteiger partial charge in [-0.05, 0) is 12.5 Å². The molecule has 1 unspecified atom stereocenters. The lowest BCUT2D eigenvalue weighted by Crippen LogP contribution is -2.41. The predicted molar refractivity (Wildman–Crippen MR) is 63.1 cm³/mol. The van der Waals surface area contributed by atoms with Gasteiger partial charge in [0.15, 0.2) is 0 Å². The second kappa shape index (κ2) is 4.18. The highest BCUT2D eigenvalue weighted by Gasteiger charge is 2.48. The number of imide groups is 1. The van der Waals surface area contributed by atoms with Crippen LogP contribution in [0, 0.1) is 0 Å². The van der Waals surface area contributed by atoms with E-state index < -0.39 is 5.54 Å². The van der Waals surface area contributed by atoms with E-state index in [0.717, 1.165) is 10.5 Å². The van der Waals surface area contributed by atoms with Gasteiger partial charge >= 0.3 is 6.03 Å². The Balaban J connectivity index is 2.35. The molecule has 1 heterocycles. The van der Waals surface area contributed by atoms with Crippen molar-refractivity contribution in [1.29, 1.82) is 0 Å². The number of carbonyl (C=O) groups excluding carboxylic acids is 2. The summed E-state index contributed by atoms with van der Waals surface area (Å²) in [5.74, 6) is -0.251. The van der Waals surface area contributed by atoms with E-state index in [0.29, 0.717) is 0 Å². The molecule has 1 fully saturated rings. The highest BCUT2D eigenvalue weighted by Crippen LogP contribution is 2.28. The molecule has 5 nitrogen and oxygen atoms in total. The van der Waals surface area contributed by atoms with Crippen LogP contribution in [0.3, 0.4) is 0 Å². The second-order valence-electron chi connectivity index (χ2n) is 4.17. The average Bonchev–Trinajstić information content (AvgIpc) is 2.56. The molecule has 2 rings (SSSR count). The number of benzene rings is 1. The quantitative estimate of drug-likeness (QED) is 0.742. The van der Waals surface area contributed by atoms with E-state index in [-0.39, 0.29) is 25.0 Å².